The van der Waals surface area contributed by atoms with E-state index in [1.54, 1.807) is 17.3 Å². The summed E-state index contributed by atoms with van der Waals surface area (Å²) in [6, 6.07) is 19.9. The Kier molecular flexibility index (Phi) is 7.15. The number of aliphatic carboxylic acids is 1. The van der Waals surface area contributed by atoms with E-state index in [1.165, 1.54) is 5.56 Å². The van der Waals surface area contributed by atoms with E-state index in [1.807, 2.05) is 48.5 Å². The van der Waals surface area contributed by atoms with Crippen molar-refractivity contribution in [2.24, 2.45) is 11.7 Å². The van der Waals surface area contributed by atoms with Gasteiger partial charge < -0.3 is 15.7 Å². The number of nitrogens with zero attached hydrogens (tertiary/aromatic N) is 2. The summed E-state index contributed by atoms with van der Waals surface area (Å²) in [5.41, 5.74) is 10.5. The number of rotatable bonds is 7. The Morgan fingerprint density at radius 2 is 1.73 bits per heavy atom. The second-order valence-electron chi connectivity index (χ2n) is 8.61. The van der Waals surface area contributed by atoms with E-state index in [4.69, 9.17) is 5.73 Å². The summed E-state index contributed by atoms with van der Waals surface area (Å²) in [6.07, 6.45) is 5.61. The number of benzene rings is 2. The number of carboxylic acids is 1. The van der Waals surface area contributed by atoms with Crippen molar-refractivity contribution in [2.75, 3.05) is 13.1 Å². The van der Waals surface area contributed by atoms with Gasteiger partial charge in [0.25, 0.3) is 5.91 Å². The van der Waals surface area contributed by atoms with Crippen molar-refractivity contribution in [1.82, 2.24) is 9.88 Å². The Morgan fingerprint density at radius 3 is 2.48 bits per heavy atom. The van der Waals surface area contributed by atoms with Crippen LogP contribution >= 0.6 is 0 Å². The number of piperidine rings is 1. The van der Waals surface area contributed by atoms with Crippen LogP contribution < -0.4 is 5.73 Å². The number of carbonyl (C=O) groups excluding carboxylic acids is 1. The van der Waals surface area contributed by atoms with Crippen LogP contribution in [0.15, 0.2) is 73.1 Å². The van der Waals surface area contributed by atoms with Crippen molar-refractivity contribution in [1.29, 1.82) is 0 Å². The molecule has 1 aliphatic heterocycles. The fraction of sp³-hybridized carbons (Fsp3) is 0.296. The van der Waals surface area contributed by atoms with Crippen LogP contribution in [0.1, 0.15) is 45.0 Å². The first-order valence-corrected chi connectivity index (χ1v) is 11.3. The van der Waals surface area contributed by atoms with Crippen LogP contribution in [0.4, 0.5) is 0 Å². The topological polar surface area (TPSA) is 96.5 Å². The molecular weight excluding hydrogens is 414 g/mol. The van der Waals surface area contributed by atoms with Crippen molar-refractivity contribution in [2.45, 2.75) is 31.7 Å². The molecule has 1 saturated heterocycles. The molecule has 0 radical (unpaired) electrons. The Balaban J connectivity index is 1.46. The maximum Gasteiger partial charge on any atom is 0.308 e. The molecule has 4 rings (SSSR count). The summed E-state index contributed by atoms with van der Waals surface area (Å²) in [5, 5.41) is 9.91. The number of carbonyl (C=O) groups is 2. The average Bonchev–Trinajstić information content (AvgIpc) is 2.87. The molecule has 1 aliphatic rings. The standard InChI is InChI=1S/C27H29N3O3/c28-15-20-7-4-8-22(13-20)24-11-12-30(18-25(24)27(32)33)26(31)23-14-21(16-29-17-23)10-9-19-5-2-1-3-6-19/h1-8,13-14,16-17,24-25H,9-12,15,18,28H2,(H,32,33)/t24-,25+/m0/s1. The zero-order valence-corrected chi connectivity index (χ0v) is 18.6. The Labute approximate surface area is 194 Å². The number of nitrogens with two attached hydrogens (primary N) is 1. The van der Waals surface area contributed by atoms with Gasteiger partial charge in [-0.05, 0) is 47.6 Å². The molecular formula is C27H29N3O3. The third-order valence-corrected chi connectivity index (χ3v) is 6.42. The molecule has 1 fully saturated rings. The van der Waals surface area contributed by atoms with Gasteiger partial charge in [-0.15, -0.1) is 0 Å². The molecule has 0 unspecified atom stereocenters. The second-order valence-corrected chi connectivity index (χ2v) is 8.61. The van der Waals surface area contributed by atoms with Crippen LogP contribution in [0.5, 0.6) is 0 Å². The highest BCUT2D eigenvalue weighted by Gasteiger charge is 2.37. The quantitative estimate of drug-likeness (QED) is 0.581. The SMILES string of the molecule is NCc1cccc([C@@H]2CCN(C(=O)c3cncc(CCc4ccccc4)c3)C[C@H]2C(=O)O)c1. The minimum absolute atomic E-state index is 0.145. The summed E-state index contributed by atoms with van der Waals surface area (Å²) in [4.78, 5) is 31.2. The van der Waals surface area contributed by atoms with Crippen LogP contribution in [-0.2, 0) is 24.2 Å². The highest BCUT2D eigenvalue weighted by Crippen LogP contribution is 2.34. The maximum absolute atomic E-state index is 13.2. The van der Waals surface area contributed by atoms with Gasteiger partial charge in [0.15, 0.2) is 0 Å². The molecule has 3 aromatic rings. The summed E-state index contributed by atoms with van der Waals surface area (Å²) in [5.74, 6) is -1.85. The van der Waals surface area contributed by atoms with E-state index < -0.39 is 11.9 Å². The van der Waals surface area contributed by atoms with Gasteiger partial charge in [0.1, 0.15) is 0 Å². The zero-order valence-electron chi connectivity index (χ0n) is 18.6. The summed E-state index contributed by atoms with van der Waals surface area (Å²) in [7, 11) is 0. The van der Waals surface area contributed by atoms with Crippen LogP contribution in [0.2, 0.25) is 0 Å². The van der Waals surface area contributed by atoms with Crippen molar-refractivity contribution < 1.29 is 14.7 Å². The first-order valence-electron chi connectivity index (χ1n) is 11.3. The van der Waals surface area contributed by atoms with E-state index in [0.29, 0.717) is 25.1 Å². The molecule has 2 heterocycles. The van der Waals surface area contributed by atoms with Gasteiger partial charge in [0.2, 0.25) is 0 Å². The predicted octanol–water partition coefficient (Wildman–Crippen LogP) is 3.66. The molecule has 0 bridgehead atoms. The van der Waals surface area contributed by atoms with Gasteiger partial charge in [0, 0.05) is 37.9 Å². The lowest BCUT2D eigenvalue weighted by atomic mass is 9.80. The van der Waals surface area contributed by atoms with E-state index in [9.17, 15) is 14.7 Å². The van der Waals surface area contributed by atoms with Gasteiger partial charge in [0.05, 0.1) is 11.5 Å². The van der Waals surface area contributed by atoms with E-state index in [-0.39, 0.29) is 18.4 Å². The highest BCUT2D eigenvalue weighted by atomic mass is 16.4. The second kappa shape index (κ2) is 10.4. The minimum atomic E-state index is -0.884. The molecule has 0 spiro atoms. The molecule has 0 aliphatic carbocycles. The third-order valence-electron chi connectivity index (χ3n) is 6.42. The van der Waals surface area contributed by atoms with Gasteiger partial charge >= 0.3 is 5.97 Å². The number of aromatic nitrogens is 1. The molecule has 1 aromatic heterocycles. The number of amides is 1. The molecule has 6 heteroatoms. The van der Waals surface area contributed by atoms with E-state index in [0.717, 1.165) is 29.5 Å². The number of aryl methyl sites for hydroxylation is 2. The van der Waals surface area contributed by atoms with Gasteiger partial charge in [-0.25, -0.2) is 0 Å². The summed E-state index contributed by atoms with van der Waals surface area (Å²) >= 11 is 0. The van der Waals surface area contributed by atoms with E-state index >= 15 is 0 Å². The third kappa shape index (κ3) is 5.46. The highest BCUT2D eigenvalue weighted by molar-refractivity contribution is 5.94. The molecule has 2 aromatic carbocycles. The fourth-order valence-electron chi connectivity index (χ4n) is 4.59. The Morgan fingerprint density at radius 1 is 0.970 bits per heavy atom. The first kappa shape index (κ1) is 22.7. The van der Waals surface area contributed by atoms with Crippen molar-refractivity contribution in [3.63, 3.8) is 0 Å². The smallest absolute Gasteiger partial charge is 0.308 e. The van der Waals surface area contributed by atoms with Crippen LogP contribution in [0, 0.1) is 5.92 Å². The molecule has 0 saturated carbocycles. The predicted molar refractivity (Wildman–Crippen MR) is 127 cm³/mol. The number of hydrogen-bond acceptors (Lipinski definition) is 4. The molecule has 2 atom stereocenters. The van der Waals surface area contributed by atoms with Crippen molar-refractivity contribution >= 4 is 11.9 Å². The number of likely N-dealkylation sites (tertiary alicyclic amines) is 1. The lowest BCUT2D eigenvalue weighted by Gasteiger charge is -2.37. The Hall–Kier alpha value is -3.51. The van der Waals surface area contributed by atoms with Gasteiger partial charge in [-0.1, -0.05) is 54.6 Å². The van der Waals surface area contributed by atoms with Crippen LogP contribution in [-0.4, -0.2) is 40.0 Å². The summed E-state index contributed by atoms with van der Waals surface area (Å²) < 4.78 is 0. The van der Waals surface area contributed by atoms with Crippen LogP contribution in [0.25, 0.3) is 0 Å². The van der Waals surface area contributed by atoms with Gasteiger partial charge in [-0.3, -0.25) is 14.6 Å². The lowest BCUT2D eigenvalue weighted by molar-refractivity contribution is -0.144. The van der Waals surface area contributed by atoms with E-state index in [2.05, 4.69) is 17.1 Å². The van der Waals surface area contributed by atoms with Crippen molar-refractivity contribution in [3.05, 3.63) is 101 Å². The minimum Gasteiger partial charge on any atom is -0.481 e. The maximum atomic E-state index is 13.2. The molecule has 170 valence electrons. The largest absolute Gasteiger partial charge is 0.481 e. The lowest BCUT2D eigenvalue weighted by Crippen LogP contribution is -2.45. The first-order chi connectivity index (χ1) is 16.0. The molecule has 3 N–H and O–H groups in total. The Bertz CT molecular complexity index is 1120. The summed E-state index contributed by atoms with van der Waals surface area (Å²) in [6.45, 7) is 1.10. The number of pyridine rings is 1. The monoisotopic (exact) mass is 443 g/mol. The fourth-order valence-corrected chi connectivity index (χ4v) is 4.59. The normalized spacial score (nSPS) is 18.2. The van der Waals surface area contributed by atoms with Crippen molar-refractivity contribution in [3.8, 4) is 0 Å². The number of carboxylic acid groups (broad SMARTS) is 1. The number of hydrogen-bond donors (Lipinski definition) is 2. The van der Waals surface area contributed by atoms with Crippen LogP contribution in [0.3, 0.4) is 0 Å². The molecule has 6 nitrogen and oxygen atoms in total. The molecule has 1 amide bonds. The van der Waals surface area contributed by atoms with Gasteiger partial charge in [-0.2, -0.15) is 0 Å². The average molecular weight is 444 g/mol. The zero-order chi connectivity index (χ0) is 23.2. The molecule has 33 heavy (non-hydrogen) atoms.